The first-order chi connectivity index (χ1) is 21.6. The number of aromatic nitrogens is 1. The number of non-ortho nitro benzene ring substituents is 1. The van der Waals surface area contributed by atoms with E-state index < -0.39 is 16.9 Å². The van der Waals surface area contributed by atoms with E-state index in [1.165, 1.54) is 28.0 Å². The van der Waals surface area contributed by atoms with Crippen LogP contribution in [0.5, 0.6) is 11.5 Å². The number of rotatable bonds is 10. The van der Waals surface area contributed by atoms with Crippen molar-refractivity contribution < 1.29 is 23.9 Å². The maximum absolute atomic E-state index is 14.1. The first-order valence-electron chi connectivity index (χ1n) is 13.9. The lowest BCUT2D eigenvalue weighted by Gasteiger charge is -2.24. The number of allylic oxidation sites excluding steroid dienone is 1. The Morgan fingerprint density at radius 3 is 2.47 bits per heavy atom. The van der Waals surface area contributed by atoms with E-state index in [2.05, 4.69) is 43.5 Å². The number of hydrogen-bond acceptors (Lipinski definition) is 9. The third-order valence-corrected chi connectivity index (χ3v) is 9.12. The van der Waals surface area contributed by atoms with Gasteiger partial charge in [-0.1, -0.05) is 39.4 Å². The summed E-state index contributed by atoms with van der Waals surface area (Å²) in [5.41, 5.74) is 2.57. The van der Waals surface area contributed by atoms with E-state index in [9.17, 15) is 19.7 Å². The number of esters is 1. The molecule has 0 unspecified atom stereocenters. The van der Waals surface area contributed by atoms with Crippen LogP contribution in [0.2, 0.25) is 0 Å². The Morgan fingerprint density at radius 1 is 1.11 bits per heavy atom. The van der Waals surface area contributed by atoms with E-state index in [1.54, 1.807) is 32.1 Å². The third kappa shape index (κ3) is 7.05. The second-order valence-corrected chi connectivity index (χ2v) is 12.9. The molecule has 45 heavy (non-hydrogen) atoms. The van der Waals surface area contributed by atoms with E-state index in [0.717, 1.165) is 13.6 Å². The molecule has 0 saturated heterocycles. The van der Waals surface area contributed by atoms with Gasteiger partial charge in [0.25, 0.3) is 11.2 Å². The second-order valence-electron chi connectivity index (χ2n) is 9.82. The molecular formula is C32H27BrIN3O7S. The Balaban J connectivity index is 1.60. The van der Waals surface area contributed by atoms with Crippen molar-refractivity contribution in [2.75, 3.05) is 13.2 Å². The van der Waals surface area contributed by atoms with Crippen molar-refractivity contribution in [3.63, 3.8) is 0 Å². The fourth-order valence-corrected chi connectivity index (χ4v) is 7.61. The molecule has 0 spiro atoms. The van der Waals surface area contributed by atoms with Crippen molar-refractivity contribution >= 4 is 67.6 Å². The number of nitro groups is 1. The number of hydrogen-bond donors (Lipinski definition) is 0. The molecule has 0 bridgehead atoms. The monoisotopic (exact) mass is 803 g/mol. The van der Waals surface area contributed by atoms with Gasteiger partial charge < -0.3 is 14.2 Å². The molecule has 0 aliphatic carbocycles. The zero-order chi connectivity index (χ0) is 32.2. The Morgan fingerprint density at radius 2 is 1.82 bits per heavy atom. The number of ether oxygens (including phenoxy) is 3. The molecule has 0 saturated carbocycles. The molecule has 0 amide bonds. The van der Waals surface area contributed by atoms with Crippen LogP contribution in [0, 0.1) is 13.7 Å². The van der Waals surface area contributed by atoms with Crippen molar-refractivity contribution in [2.45, 2.75) is 33.4 Å². The molecular weight excluding hydrogens is 777 g/mol. The molecule has 5 rings (SSSR count). The van der Waals surface area contributed by atoms with Crippen LogP contribution >= 0.6 is 49.9 Å². The zero-order valence-electron chi connectivity index (χ0n) is 24.4. The number of fused-ring (bicyclic) bond motifs is 1. The van der Waals surface area contributed by atoms with E-state index in [-0.39, 0.29) is 24.5 Å². The molecule has 1 aliphatic heterocycles. The van der Waals surface area contributed by atoms with Gasteiger partial charge in [-0.25, -0.2) is 9.79 Å². The molecule has 0 N–H and O–H groups in total. The van der Waals surface area contributed by atoms with Gasteiger partial charge in [-0.3, -0.25) is 19.5 Å². The van der Waals surface area contributed by atoms with E-state index in [4.69, 9.17) is 14.2 Å². The minimum absolute atomic E-state index is 0.00192. The summed E-state index contributed by atoms with van der Waals surface area (Å²) in [5.74, 6) is 0.697. The molecule has 4 aromatic rings. The number of carbonyl (C=O) groups excluding carboxylic acids is 1. The number of nitrogens with zero attached hydrogens (tertiary/aromatic N) is 3. The molecule has 10 nitrogen and oxygen atoms in total. The summed E-state index contributed by atoms with van der Waals surface area (Å²) in [5, 5.41) is 11.0. The minimum Gasteiger partial charge on any atom is -0.494 e. The van der Waals surface area contributed by atoms with Crippen molar-refractivity contribution in [3.05, 3.63) is 126 Å². The van der Waals surface area contributed by atoms with Crippen LogP contribution in [0.1, 0.15) is 43.5 Å². The highest BCUT2D eigenvalue weighted by Gasteiger charge is 2.33. The Labute approximate surface area is 284 Å². The van der Waals surface area contributed by atoms with Gasteiger partial charge in [0.15, 0.2) is 4.80 Å². The van der Waals surface area contributed by atoms with Gasteiger partial charge in [0.1, 0.15) is 18.1 Å². The van der Waals surface area contributed by atoms with Gasteiger partial charge in [-0.15, -0.1) is 0 Å². The first kappa shape index (κ1) is 32.6. The van der Waals surface area contributed by atoms with E-state index in [0.29, 0.717) is 49.8 Å². The summed E-state index contributed by atoms with van der Waals surface area (Å²) >= 11 is 6.93. The predicted octanol–water partition coefficient (Wildman–Crippen LogP) is 6.05. The maximum Gasteiger partial charge on any atom is 0.338 e. The van der Waals surface area contributed by atoms with Gasteiger partial charge in [0, 0.05) is 22.2 Å². The SMILES string of the molecule is CCOC(=O)C1=C(C)N=c2s/c(=C\c3cc(Br)cc(I)c3OCc3ccc([N+](=O)[O-])cc3)c(=O)n2[C@H]1c1ccc(OCC)cc1. The van der Waals surface area contributed by atoms with Gasteiger partial charge in [-0.2, -0.15) is 0 Å². The summed E-state index contributed by atoms with van der Waals surface area (Å²) in [7, 11) is 0. The lowest BCUT2D eigenvalue weighted by atomic mass is 9.96. The molecule has 2 heterocycles. The van der Waals surface area contributed by atoms with Crippen LogP contribution in [0.4, 0.5) is 5.69 Å². The van der Waals surface area contributed by atoms with Crippen LogP contribution < -0.4 is 24.4 Å². The van der Waals surface area contributed by atoms with Crippen molar-refractivity contribution in [2.24, 2.45) is 4.99 Å². The van der Waals surface area contributed by atoms with Gasteiger partial charge in [0.05, 0.1) is 43.6 Å². The first-order valence-corrected chi connectivity index (χ1v) is 16.6. The normalized spacial score (nSPS) is 14.5. The molecule has 1 aromatic heterocycles. The number of nitro benzene ring substituents is 1. The standard InChI is InChI=1S/C32H27BrIN3O7S/c1-4-42-24-12-8-20(9-13-24)28-27(31(39)43-5-2)18(3)35-32-36(28)30(38)26(45-32)15-21-14-22(33)16-25(34)29(21)44-17-19-6-10-23(11-7-19)37(40)41/h6-16,28H,4-5,17H2,1-3H3/b26-15-/t28-/m0/s1. The van der Waals surface area contributed by atoms with Gasteiger partial charge in [0.2, 0.25) is 0 Å². The van der Waals surface area contributed by atoms with Crippen molar-refractivity contribution in [1.82, 2.24) is 4.57 Å². The molecule has 1 aliphatic rings. The summed E-state index contributed by atoms with van der Waals surface area (Å²) in [6.45, 7) is 6.23. The maximum atomic E-state index is 14.1. The largest absolute Gasteiger partial charge is 0.494 e. The Bertz CT molecular complexity index is 1990. The zero-order valence-corrected chi connectivity index (χ0v) is 29.0. The van der Waals surface area contributed by atoms with Crippen LogP contribution in [0.3, 0.4) is 0 Å². The predicted molar refractivity (Wildman–Crippen MR) is 182 cm³/mol. The molecule has 1 atom stereocenters. The Kier molecular flexibility index (Phi) is 10.2. The van der Waals surface area contributed by atoms with Crippen molar-refractivity contribution in [1.29, 1.82) is 0 Å². The average Bonchev–Trinajstić information content (AvgIpc) is 3.30. The quantitative estimate of drug-likeness (QED) is 0.0829. The molecule has 0 radical (unpaired) electrons. The van der Waals surface area contributed by atoms with Gasteiger partial charge in [-0.05, 0) is 97.0 Å². The molecule has 0 fully saturated rings. The van der Waals surface area contributed by atoms with E-state index in [1.807, 2.05) is 43.3 Å². The number of halogens is 2. The second kappa shape index (κ2) is 14.1. The number of benzene rings is 3. The molecule has 232 valence electrons. The smallest absolute Gasteiger partial charge is 0.338 e. The van der Waals surface area contributed by atoms with Crippen LogP contribution in [0.25, 0.3) is 6.08 Å². The van der Waals surface area contributed by atoms with Crippen molar-refractivity contribution in [3.8, 4) is 11.5 Å². The lowest BCUT2D eigenvalue weighted by Crippen LogP contribution is -2.39. The third-order valence-electron chi connectivity index (χ3n) is 6.88. The molecule has 13 heteroatoms. The summed E-state index contributed by atoms with van der Waals surface area (Å²) in [6, 6.07) is 16.4. The summed E-state index contributed by atoms with van der Waals surface area (Å²) in [6.07, 6.45) is 1.75. The highest BCUT2D eigenvalue weighted by atomic mass is 127. The number of thiazole rings is 1. The topological polar surface area (TPSA) is 122 Å². The molecule has 3 aromatic carbocycles. The number of carbonyl (C=O) groups is 1. The van der Waals surface area contributed by atoms with Crippen LogP contribution in [-0.4, -0.2) is 28.7 Å². The van der Waals surface area contributed by atoms with Gasteiger partial charge >= 0.3 is 5.97 Å². The minimum atomic E-state index is -0.751. The van der Waals surface area contributed by atoms with E-state index >= 15 is 0 Å². The highest BCUT2D eigenvalue weighted by Crippen LogP contribution is 2.33. The highest BCUT2D eigenvalue weighted by molar-refractivity contribution is 14.1. The fourth-order valence-electron chi connectivity index (χ4n) is 4.87. The fraction of sp³-hybridized carbons (Fsp3) is 0.219. The average molecular weight is 804 g/mol. The Hall–Kier alpha value is -3.82. The summed E-state index contributed by atoms with van der Waals surface area (Å²) in [4.78, 5) is 43.0. The summed E-state index contributed by atoms with van der Waals surface area (Å²) < 4.78 is 20.7. The lowest BCUT2D eigenvalue weighted by molar-refractivity contribution is -0.384. The van der Waals surface area contributed by atoms with Crippen LogP contribution in [0.15, 0.2) is 86.2 Å². The van der Waals surface area contributed by atoms with Crippen LogP contribution in [-0.2, 0) is 16.1 Å².